The van der Waals surface area contributed by atoms with E-state index in [0.29, 0.717) is 11.0 Å². The minimum absolute atomic E-state index is 0.539. The molecule has 0 saturated heterocycles. The van der Waals surface area contributed by atoms with Crippen LogP contribution in [0.15, 0.2) is 24.3 Å². The lowest BCUT2D eigenvalue weighted by atomic mass is 10.1. The fraction of sp³-hybridized carbons (Fsp3) is 0.286. The van der Waals surface area contributed by atoms with Crippen molar-refractivity contribution in [2.24, 2.45) is 0 Å². The molecule has 2 aromatic rings. The van der Waals surface area contributed by atoms with E-state index in [0.717, 1.165) is 27.7 Å². The van der Waals surface area contributed by atoms with Gasteiger partial charge in [-0.05, 0) is 41.0 Å². The zero-order valence-corrected chi connectivity index (χ0v) is 13.3. The summed E-state index contributed by atoms with van der Waals surface area (Å²) in [6, 6.07) is 8.32. The SMILES string of the molecule is CCc1ccc(-c2nc(Cl)c(I)c(CC)n2)cc1. The molecule has 2 nitrogen and oxygen atoms in total. The van der Waals surface area contributed by atoms with E-state index >= 15 is 0 Å². The molecule has 0 aliphatic heterocycles. The predicted octanol–water partition coefficient (Wildman–Crippen LogP) is 4.53. The molecule has 4 heteroatoms. The molecule has 1 aromatic heterocycles. The smallest absolute Gasteiger partial charge is 0.161 e. The monoisotopic (exact) mass is 372 g/mol. The number of hydrogen-bond donors (Lipinski definition) is 0. The summed E-state index contributed by atoms with van der Waals surface area (Å²) in [5, 5.41) is 0.539. The van der Waals surface area contributed by atoms with Crippen molar-refractivity contribution in [2.75, 3.05) is 0 Å². The Morgan fingerprint density at radius 3 is 2.28 bits per heavy atom. The first kappa shape index (κ1) is 13.7. The molecule has 0 N–H and O–H groups in total. The summed E-state index contributed by atoms with van der Waals surface area (Å²) in [7, 11) is 0. The molecule has 1 heterocycles. The van der Waals surface area contributed by atoms with Crippen LogP contribution >= 0.6 is 34.2 Å². The average Bonchev–Trinajstić information content (AvgIpc) is 2.42. The fourth-order valence-corrected chi connectivity index (χ4v) is 2.53. The summed E-state index contributed by atoms with van der Waals surface area (Å²) in [4.78, 5) is 8.93. The molecule has 0 fully saturated rings. The highest BCUT2D eigenvalue weighted by Crippen LogP contribution is 2.24. The second-order valence-electron chi connectivity index (χ2n) is 4.00. The minimum atomic E-state index is 0.539. The first-order valence-electron chi connectivity index (χ1n) is 5.97. The van der Waals surface area contributed by atoms with Crippen molar-refractivity contribution in [3.05, 3.63) is 44.2 Å². The van der Waals surface area contributed by atoms with Crippen LogP contribution < -0.4 is 0 Å². The topological polar surface area (TPSA) is 25.8 Å². The summed E-state index contributed by atoms with van der Waals surface area (Å²) in [5.41, 5.74) is 3.33. The number of benzene rings is 1. The normalized spacial score (nSPS) is 10.7. The Morgan fingerprint density at radius 2 is 1.72 bits per heavy atom. The molecule has 0 amide bonds. The molecule has 0 atom stereocenters. The maximum atomic E-state index is 6.15. The van der Waals surface area contributed by atoms with Gasteiger partial charge in [0.25, 0.3) is 0 Å². The summed E-state index contributed by atoms with van der Waals surface area (Å²) in [5.74, 6) is 0.708. The molecule has 0 aliphatic carbocycles. The van der Waals surface area contributed by atoms with Crippen molar-refractivity contribution in [3.8, 4) is 11.4 Å². The third-order valence-electron chi connectivity index (χ3n) is 2.83. The lowest BCUT2D eigenvalue weighted by Gasteiger charge is -2.07. The number of aromatic nitrogens is 2. The van der Waals surface area contributed by atoms with Gasteiger partial charge in [-0.25, -0.2) is 9.97 Å². The van der Waals surface area contributed by atoms with Crippen LogP contribution in [0.2, 0.25) is 5.15 Å². The van der Waals surface area contributed by atoms with Crippen LogP contribution in [0.5, 0.6) is 0 Å². The molecule has 1 aromatic carbocycles. The van der Waals surface area contributed by atoms with Crippen LogP contribution in [0, 0.1) is 3.57 Å². The Balaban J connectivity index is 2.46. The van der Waals surface area contributed by atoms with Crippen LogP contribution in [0.3, 0.4) is 0 Å². The highest BCUT2D eigenvalue weighted by atomic mass is 127. The molecule has 2 rings (SSSR count). The van der Waals surface area contributed by atoms with Gasteiger partial charge in [0.05, 0.1) is 9.26 Å². The number of halogens is 2. The number of nitrogens with zero attached hydrogens (tertiary/aromatic N) is 2. The van der Waals surface area contributed by atoms with E-state index in [-0.39, 0.29) is 0 Å². The van der Waals surface area contributed by atoms with Crippen LogP contribution in [-0.2, 0) is 12.8 Å². The van der Waals surface area contributed by atoms with Gasteiger partial charge in [0.1, 0.15) is 5.15 Å². The Hall–Kier alpha value is -0.680. The summed E-state index contributed by atoms with van der Waals surface area (Å²) in [6.07, 6.45) is 1.90. The average molecular weight is 373 g/mol. The van der Waals surface area contributed by atoms with E-state index in [1.807, 2.05) is 0 Å². The first-order valence-corrected chi connectivity index (χ1v) is 7.42. The largest absolute Gasteiger partial charge is 0.232 e. The van der Waals surface area contributed by atoms with Crippen molar-refractivity contribution >= 4 is 34.2 Å². The van der Waals surface area contributed by atoms with Crippen molar-refractivity contribution in [3.63, 3.8) is 0 Å². The van der Waals surface area contributed by atoms with E-state index in [4.69, 9.17) is 11.6 Å². The van der Waals surface area contributed by atoms with Crippen LogP contribution in [0.4, 0.5) is 0 Å². The molecule has 94 valence electrons. The van der Waals surface area contributed by atoms with E-state index in [1.54, 1.807) is 0 Å². The third-order valence-corrected chi connectivity index (χ3v) is 4.56. The second-order valence-corrected chi connectivity index (χ2v) is 5.44. The van der Waals surface area contributed by atoms with Gasteiger partial charge in [0.2, 0.25) is 0 Å². The summed E-state index contributed by atoms with van der Waals surface area (Å²) >= 11 is 8.34. The molecule has 0 aliphatic rings. The van der Waals surface area contributed by atoms with E-state index < -0.39 is 0 Å². The standard InChI is InChI=1S/C14H14ClIN2/c1-3-9-5-7-10(8-6-9)14-17-11(4-2)12(16)13(15)18-14/h5-8H,3-4H2,1-2H3. The van der Waals surface area contributed by atoms with E-state index in [1.165, 1.54) is 5.56 Å². The molecule has 0 radical (unpaired) electrons. The molecule has 0 saturated carbocycles. The predicted molar refractivity (Wildman–Crippen MR) is 84.0 cm³/mol. The van der Waals surface area contributed by atoms with Crippen LogP contribution in [0.1, 0.15) is 25.1 Å². The zero-order chi connectivity index (χ0) is 13.1. The Bertz CT molecular complexity index is 552. The van der Waals surface area contributed by atoms with Gasteiger partial charge in [-0.2, -0.15) is 0 Å². The van der Waals surface area contributed by atoms with Crippen LogP contribution in [0.25, 0.3) is 11.4 Å². The zero-order valence-electron chi connectivity index (χ0n) is 10.4. The van der Waals surface area contributed by atoms with Gasteiger partial charge in [-0.15, -0.1) is 0 Å². The van der Waals surface area contributed by atoms with Crippen molar-refractivity contribution in [2.45, 2.75) is 26.7 Å². The number of rotatable bonds is 3. The molecule has 0 spiro atoms. The Morgan fingerprint density at radius 1 is 1.06 bits per heavy atom. The van der Waals surface area contributed by atoms with Gasteiger partial charge >= 0.3 is 0 Å². The molecular weight excluding hydrogens is 359 g/mol. The fourth-order valence-electron chi connectivity index (χ4n) is 1.72. The molecular formula is C14H14ClIN2. The summed E-state index contributed by atoms with van der Waals surface area (Å²) in [6.45, 7) is 4.22. The third kappa shape index (κ3) is 2.83. The van der Waals surface area contributed by atoms with Gasteiger partial charge < -0.3 is 0 Å². The number of hydrogen-bond acceptors (Lipinski definition) is 2. The first-order chi connectivity index (χ1) is 8.65. The second kappa shape index (κ2) is 5.97. The van der Waals surface area contributed by atoms with Crippen LogP contribution in [-0.4, -0.2) is 9.97 Å². The molecule has 0 bridgehead atoms. The number of aryl methyl sites for hydroxylation is 2. The summed E-state index contributed by atoms with van der Waals surface area (Å²) < 4.78 is 0.950. The van der Waals surface area contributed by atoms with Gasteiger partial charge in [0.15, 0.2) is 5.82 Å². The minimum Gasteiger partial charge on any atom is -0.232 e. The van der Waals surface area contributed by atoms with Crippen molar-refractivity contribution in [1.82, 2.24) is 9.97 Å². The highest BCUT2D eigenvalue weighted by molar-refractivity contribution is 14.1. The highest BCUT2D eigenvalue weighted by Gasteiger charge is 2.10. The lowest BCUT2D eigenvalue weighted by molar-refractivity contribution is 0.989. The Labute approximate surface area is 126 Å². The molecule has 0 unspecified atom stereocenters. The van der Waals surface area contributed by atoms with E-state index in [9.17, 15) is 0 Å². The Kier molecular flexibility index (Phi) is 4.56. The molecule has 18 heavy (non-hydrogen) atoms. The quantitative estimate of drug-likeness (QED) is 0.584. The van der Waals surface area contributed by atoms with E-state index in [2.05, 4.69) is 70.7 Å². The lowest BCUT2D eigenvalue weighted by Crippen LogP contribution is -1.99. The van der Waals surface area contributed by atoms with Gasteiger partial charge in [0, 0.05) is 5.56 Å². The maximum absolute atomic E-state index is 6.15. The van der Waals surface area contributed by atoms with Gasteiger partial charge in [-0.3, -0.25) is 0 Å². The van der Waals surface area contributed by atoms with Crippen molar-refractivity contribution < 1.29 is 0 Å². The maximum Gasteiger partial charge on any atom is 0.161 e. The van der Waals surface area contributed by atoms with Crippen molar-refractivity contribution in [1.29, 1.82) is 0 Å². The van der Waals surface area contributed by atoms with Gasteiger partial charge in [-0.1, -0.05) is 49.7 Å².